The Bertz CT molecular complexity index is 1410. The Morgan fingerprint density at radius 2 is 1.89 bits per heavy atom. The highest BCUT2D eigenvalue weighted by molar-refractivity contribution is 7.15. The number of fused-ring (bicyclic) bond motifs is 1. The van der Waals surface area contributed by atoms with Gasteiger partial charge in [0.1, 0.15) is 5.01 Å². The molecule has 1 saturated heterocycles. The smallest absolute Gasteiger partial charge is 0.381 e. The molecule has 4 heterocycles. The number of thiazole rings is 1. The van der Waals surface area contributed by atoms with Gasteiger partial charge in [0.05, 0.1) is 17.8 Å². The Morgan fingerprint density at radius 3 is 2.54 bits per heavy atom. The summed E-state index contributed by atoms with van der Waals surface area (Å²) >= 11 is 1.53. The lowest BCUT2D eigenvalue weighted by Crippen LogP contribution is -2.27. The SMILES string of the molecule is Cc1cnc(-c2cc(C(=O)NC(C)c3cnc(C(F)(F)F)nc3)cc3c2cnn3CC2CCOCC2)s1. The van der Waals surface area contributed by atoms with Crippen LogP contribution in [0.15, 0.2) is 36.9 Å². The van der Waals surface area contributed by atoms with Crippen molar-refractivity contribution in [2.75, 3.05) is 13.2 Å². The zero-order valence-corrected chi connectivity index (χ0v) is 21.1. The fourth-order valence-corrected chi connectivity index (χ4v) is 5.15. The summed E-state index contributed by atoms with van der Waals surface area (Å²) in [5, 5.41) is 9.17. The molecule has 12 heteroatoms. The Kier molecular flexibility index (Phi) is 6.95. The molecular formula is C25H25F3N6O2S. The van der Waals surface area contributed by atoms with E-state index in [2.05, 4.69) is 25.4 Å². The van der Waals surface area contributed by atoms with E-state index < -0.39 is 18.0 Å². The van der Waals surface area contributed by atoms with Crippen LogP contribution >= 0.6 is 11.3 Å². The van der Waals surface area contributed by atoms with Crippen molar-refractivity contribution in [3.05, 3.63) is 58.7 Å². The number of carbonyl (C=O) groups excluding carboxylic acids is 1. The van der Waals surface area contributed by atoms with E-state index in [4.69, 9.17) is 4.74 Å². The predicted octanol–water partition coefficient (Wildman–Crippen LogP) is 5.19. The molecule has 8 nitrogen and oxygen atoms in total. The van der Waals surface area contributed by atoms with Gasteiger partial charge >= 0.3 is 6.18 Å². The van der Waals surface area contributed by atoms with E-state index in [9.17, 15) is 18.0 Å². The largest absolute Gasteiger partial charge is 0.451 e. The number of nitrogens with zero attached hydrogens (tertiary/aromatic N) is 5. The molecule has 1 aliphatic heterocycles. The van der Waals surface area contributed by atoms with Crippen molar-refractivity contribution in [1.29, 1.82) is 0 Å². The maximum Gasteiger partial charge on any atom is 0.451 e. The number of aryl methyl sites for hydroxylation is 1. The molecule has 4 aromatic rings. The average molecular weight is 531 g/mol. The molecule has 1 N–H and O–H groups in total. The summed E-state index contributed by atoms with van der Waals surface area (Å²) in [7, 11) is 0. The molecule has 1 aromatic carbocycles. The molecule has 1 amide bonds. The van der Waals surface area contributed by atoms with Gasteiger partial charge in [0.25, 0.3) is 5.91 Å². The van der Waals surface area contributed by atoms with Crippen LogP contribution in [0.4, 0.5) is 13.2 Å². The number of ether oxygens (including phenoxy) is 1. The van der Waals surface area contributed by atoms with E-state index in [0.717, 1.165) is 64.8 Å². The van der Waals surface area contributed by atoms with E-state index in [-0.39, 0.29) is 5.91 Å². The van der Waals surface area contributed by atoms with Gasteiger partial charge in [0.2, 0.25) is 5.82 Å². The Morgan fingerprint density at radius 1 is 1.16 bits per heavy atom. The lowest BCUT2D eigenvalue weighted by molar-refractivity contribution is -0.145. The fraction of sp³-hybridized carbons (Fsp3) is 0.400. The van der Waals surface area contributed by atoms with Crippen molar-refractivity contribution in [2.24, 2.45) is 5.92 Å². The third-order valence-corrected chi connectivity index (χ3v) is 7.37. The van der Waals surface area contributed by atoms with Gasteiger partial charge in [-0.3, -0.25) is 9.48 Å². The second kappa shape index (κ2) is 10.2. The van der Waals surface area contributed by atoms with E-state index in [0.29, 0.717) is 23.6 Å². The van der Waals surface area contributed by atoms with Crippen LogP contribution in [0.5, 0.6) is 0 Å². The van der Waals surface area contributed by atoms with Gasteiger partial charge in [-0.1, -0.05) is 0 Å². The molecular weight excluding hydrogens is 505 g/mol. The van der Waals surface area contributed by atoms with Crippen molar-refractivity contribution < 1.29 is 22.7 Å². The van der Waals surface area contributed by atoms with E-state index in [1.165, 1.54) is 11.3 Å². The highest BCUT2D eigenvalue weighted by atomic mass is 32.1. The summed E-state index contributed by atoms with van der Waals surface area (Å²) < 4.78 is 45.8. The topological polar surface area (TPSA) is 94.8 Å². The lowest BCUT2D eigenvalue weighted by atomic mass is 10.00. The molecule has 1 atom stereocenters. The minimum atomic E-state index is -4.63. The van der Waals surface area contributed by atoms with Gasteiger partial charge in [-0.2, -0.15) is 18.3 Å². The number of carbonyl (C=O) groups is 1. The summed E-state index contributed by atoms with van der Waals surface area (Å²) in [5.41, 5.74) is 2.41. The standard InChI is InChI=1S/C25H25F3N6O2S/c1-14-9-29-23(37-14)19-7-17(8-21-20(19)12-32-34(21)13-16-3-5-36-6-4-16)22(35)33-15(2)18-10-30-24(31-11-18)25(26,27)28/h7-12,15-16H,3-6,13H2,1-2H3,(H,33,35). The molecule has 0 saturated carbocycles. The zero-order valence-electron chi connectivity index (χ0n) is 20.2. The maximum atomic E-state index is 13.3. The fourth-order valence-electron chi connectivity index (χ4n) is 4.35. The number of amides is 1. The molecule has 0 spiro atoms. The summed E-state index contributed by atoms with van der Waals surface area (Å²) in [6, 6.07) is 2.98. The van der Waals surface area contributed by atoms with Gasteiger partial charge in [0, 0.05) is 65.3 Å². The Balaban J connectivity index is 1.46. The number of aromatic nitrogens is 5. The molecule has 0 radical (unpaired) electrons. The summed E-state index contributed by atoms with van der Waals surface area (Å²) in [6.45, 7) is 5.81. The quantitative estimate of drug-likeness (QED) is 0.369. The Labute approximate surface area is 214 Å². The predicted molar refractivity (Wildman–Crippen MR) is 132 cm³/mol. The van der Waals surface area contributed by atoms with Crippen molar-refractivity contribution in [1.82, 2.24) is 30.0 Å². The van der Waals surface area contributed by atoms with E-state index >= 15 is 0 Å². The molecule has 37 heavy (non-hydrogen) atoms. The van der Waals surface area contributed by atoms with Gasteiger partial charge < -0.3 is 10.1 Å². The maximum absolute atomic E-state index is 13.3. The number of rotatable bonds is 6. The normalized spacial score (nSPS) is 15.7. The van der Waals surface area contributed by atoms with Crippen LogP contribution in [0.1, 0.15) is 52.4 Å². The first-order chi connectivity index (χ1) is 17.7. The van der Waals surface area contributed by atoms with Crippen LogP contribution in [0.2, 0.25) is 0 Å². The Hall–Kier alpha value is -3.38. The minimum Gasteiger partial charge on any atom is -0.381 e. The monoisotopic (exact) mass is 530 g/mol. The van der Waals surface area contributed by atoms with Crippen molar-refractivity contribution in [3.8, 4) is 10.6 Å². The van der Waals surface area contributed by atoms with E-state index in [1.807, 2.05) is 17.8 Å². The first-order valence-electron chi connectivity index (χ1n) is 11.9. The average Bonchev–Trinajstić information content (AvgIpc) is 3.50. The molecule has 1 fully saturated rings. The molecule has 1 unspecified atom stereocenters. The molecule has 0 aliphatic carbocycles. The number of hydrogen-bond acceptors (Lipinski definition) is 7. The van der Waals surface area contributed by atoms with Crippen LogP contribution in [0.3, 0.4) is 0 Å². The van der Waals surface area contributed by atoms with Crippen LogP contribution in [0.25, 0.3) is 21.5 Å². The first-order valence-corrected chi connectivity index (χ1v) is 12.7. The summed E-state index contributed by atoms with van der Waals surface area (Å²) in [6.07, 6.45) is 3.04. The van der Waals surface area contributed by atoms with Crippen LogP contribution < -0.4 is 5.32 Å². The van der Waals surface area contributed by atoms with E-state index in [1.54, 1.807) is 25.3 Å². The van der Waals surface area contributed by atoms with Crippen LogP contribution in [-0.2, 0) is 17.5 Å². The number of halogens is 3. The van der Waals surface area contributed by atoms with Crippen LogP contribution in [0, 0.1) is 12.8 Å². The van der Waals surface area contributed by atoms with Crippen molar-refractivity contribution >= 4 is 28.1 Å². The third-order valence-electron chi connectivity index (χ3n) is 6.42. The first kappa shape index (κ1) is 25.3. The molecule has 3 aromatic heterocycles. The second-order valence-electron chi connectivity index (χ2n) is 9.15. The minimum absolute atomic E-state index is 0.364. The lowest BCUT2D eigenvalue weighted by Gasteiger charge is -2.22. The van der Waals surface area contributed by atoms with Crippen molar-refractivity contribution in [2.45, 2.75) is 45.5 Å². The van der Waals surface area contributed by atoms with Gasteiger partial charge in [0.15, 0.2) is 0 Å². The van der Waals surface area contributed by atoms with Gasteiger partial charge in [-0.15, -0.1) is 11.3 Å². The summed E-state index contributed by atoms with van der Waals surface area (Å²) in [5.74, 6) is -1.16. The number of alkyl halides is 3. The van der Waals surface area contributed by atoms with Crippen molar-refractivity contribution in [3.63, 3.8) is 0 Å². The zero-order chi connectivity index (χ0) is 26.2. The second-order valence-corrected chi connectivity index (χ2v) is 10.4. The number of hydrogen-bond donors (Lipinski definition) is 1. The molecule has 5 rings (SSSR count). The molecule has 1 aliphatic rings. The molecule has 0 bridgehead atoms. The number of nitrogens with one attached hydrogen (secondary N) is 1. The van der Waals surface area contributed by atoms with Gasteiger partial charge in [-0.05, 0) is 44.7 Å². The highest BCUT2D eigenvalue weighted by Crippen LogP contribution is 2.34. The molecule has 194 valence electrons. The van der Waals surface area contributed by atoms with Crippen LogP contribution in [-0.4, -0.2) is 43.9 Å². The highest BCUT2D eigenvalue weighted by Gasteiger charge is 2.34. The number of benzene rings is 1. The third kappa shape index (κ3) is 5.49. The summed E-state index contributed by atoms with van der Waals surface area (Å²) in [4.78, 5) is 25.7. The van der Waals surface area contributed by atoms with Gasteiger partial charge in [-0.25, -0.2) is 15.0 Å².